The van der Waals surface area contributed by atoms with Gasteiger partial charge in [0.05, 0.1) is 11.3 Å². The minimum Gasteiger partial charge on any atom is -0.384 e. The first-order valence-electron chi connectivity index (χ1n) is 7.95. The normalized spacial score (nSPS) is 22.4. The van der Waals surface area contributed by atoms with Crippen LogP contribution in [0.1, 0.15) is 50.9 Å². The fourth-order valence-electron chi connectivity index (χ4n) is 3.50. The summed E-state index contributed by atoms with van der Waals surface area (Å²) in [6.45, 7) is 10.6. The second-order valence-corrected chi connectivity index (χ2v) is 6.30. The van der Waals surface area contributed by atoms with Gasteiger partial charge in [-0.2, -0.15) is 5.10 Å². The first-order chi connectivity index (χ1) is 9.97. The van der Waals surface area contributed by atoms with E-state index in [1.807, 2.05) is 0 Å². The van der Waals surface area contributed by atoms with E-state index in [9.17, 15) is 0 Å². The summed E-state index contributed by atoms with van der Waals surface area (Å²) < 4.78 is 0. The van der Waals surface area contributed by atoms with E-state index in [0.29, 0.717) is 11.8 Å². The maximum absolute atomic E-state index is 7.99. The van der Waals surface area contributed by atoms with Gasteiger partial charge in [0.25, 0.3) is 0 Å². The first-order valence-corrected chi connectivity index (χ1v) is 7.95. The van der Waals surface area contributed by atoms with Crippen molar-refractivity contribution in [2.45, 2.75) is 47.0 Å². The number of nitrogens with one attached hydrogen (secondary N) is 1. The lowest BCUT2D eigenvalue weighted by molar-refractivity contribution is 0.354. The molecular weight excluding hydrogens is 262 g/mol. The van der Waals surface area contributed by atoms with Crippen LogP contribution in [0.5, 0.6) is 0 Å². The average Bonchev–Trinajstić information content (AvgIpc) is 2.44. The SMILES string of the molecule is CCc1nnc(N2CC(C)CC(C)C2)c(C(=N)N)c1CC. The van der Waals surface area contributed by atoms with Crippen molar-refractivity contribution in [2.75, 3.05) is 18.0 Å². The van der Waals surface area contributed by atoms with Gasteiger partial charge in [-0.1, -0.05) is 27.7 Å². The van der Waals surface area contributed by atoms with Crippen LogP contribution in [0.4, 0.5) is 5.82 Å². The Morgan fingerprint density at radius 3 is 2.29 bits per heavy atom. The lowest BCUT2D eigenvalue weighted by atomic mass is 9.91. The average molecular weight is 289 g/mol. The third-order valence-corrected chi connectivity index (χ3v) is 4.27. The predicted octanol–water partition coefficient (Wildman–Crippen LogP) is 2.37. The fraction of sp³-hybridized carbons (Fsp3) is 0.688. The van der Waals surface area contributed by atoms with E-state index in [1.54, 1.807) is 0 Å². The van der Waals surface area contributed by atoms with Gasteiger partial charge in [0.1, 0.15) is 5.84 Å². The van der Waals surface area contributed by atoms with Crippen LogP contribution in [0.3, 0.4) is 0 Å². The van der Waals surface area contributed by atoms with Crippen LogP contribution in [-0.2, 0) is 12.8 Å². The number of nitrogens with zero attached hydrogens (tertiary/aromatic N) is 3. The van der Waals surface area contributed by atoms with Gasteiger partial charge in [-0.15, -0.1) is 5.10 Å². The summed E-state index contributed by atoms with van der Waals surface area (Å²) in [6, 6.07) is 0. The summed E-state index contributed by atoms with van der Waals surface area (Å²) in [7, 11) is 0. The molecule has 1 saturated heterocycles. The van der Waals surface area contributed by atoms with Crippen molar-refractivity contribution in [3.8, 4) is 0 Å². The van der Waals surface area contributed by atoms with Crippen molar-refractivity contribution < 1.29 is 0 Å². The fourth-order valence-corrected chi connectivity index (χ4v) is 3.50. The molecule has 21 heavy (non-hydrogen) atoms. The Morgan fingerprint density at radius 2 is 1.81 bits per heavy atom. The number of hydrogen-bond acceptors (Lipinski definition) is 4. The molecule has 0 amide bonds. The van der Waals surface area contributed by atoms with Gasteiger partial charge in [-0.05, 0) is 36.7 Å². The van der Waals surface area contributed by atoms with Gasteiger partial charge in [0, 0.05) is 13.1 Å². The first kappa shape index (κ1) is 15.7. The lowest BCUT2D eigenvalue weighted by Crippen LogP contribution is -2.41. The summed E-state index contributed by atoms with van der Waals surface area (Å²) in [4.78, 5) is 2.27. The number of amidine groups is 1. The highest BCUT2D eigenvalue weighted by atomic mass is 15.3. The largest absolute Gasteiger partial charge is 0.384 e. The predicted molar refractivity (Wildman–Crippen MR) is 87.0 cm³/mol. The number of piperidine rings is 1. The molecule has 0 radical (unpaired) electrons. The van der Waals surface area contributed by atoms with Gasteiger partial charge in [-0.3, -0.25) is 5.41 Å². The van der Waals surface area contributed by atoms with E-state index in [0.717, 1.165) is 48.6 Å². The van der Waals surface area contributed by atoms with Crippen LogP contribution >= 0.6 is 0 Å². The Bertz CT molecular complexity index is 516. The van der Waals surface area contributed by atoms with Gasteiger partial charge >= 0.3 is 0 Å². The number of nitrogen functional groups attached to an aromatic ring is 1. The number of hydrogen-bond donors (Lipinski definition) is 2. The molecular formula is C16H27N5. The van der Waals surface area contributed by atoms with Crippen molar-refractivity contribution >= 4 is 11.7 Å². The molecule has 2 atom stereocenters. The van der Waals surface area contributed by atoms with Gasteiger partial charge < -0.3 is 10.6 Å². The molecule has 1 fully saturated rings. The van der Waals surface area contributed by atoms with Crippen LogP contribution in [0.15, 0.2) is 0 Å². The summed E-state index contributed by atoms with van der Waals surface area (Å²) in [5, 5.41) is 16.8. The molecule has 0 aliphatic carbocycles. The van der Waals surface area contributed by atoms with Gasteiger partial charge in [-0.25, -0.2) is 0 Å². The van der Waals surface area contributed by atoms with E-state index in [2.05, 4.69) is 42.8 Å². The monoisotopic (exact) mass is 289 g/mol. The van der Waals surface area contributed by atoms with Crippen molar-refractivity contribution in [1.29, 1.82) is 5.41 Å². The van der Waals surface area contributed by atoms with Crippen LogP contribution in [0, 0.1) is 17.2 Å². The van der Waals surface area contributed by atoms with Crippen molar-refractivity contribution in [3.05, 3.63) is 16.8 Å². The zero-order valence-corrected chi connectivity index (χ0v) is 13.6. The molecule has 2 rings (SSSR count). The van der Waals surface area contributed by atoms with Crippen molar-refractivity contribution in [3.63, 3.8) is 0 Å². The van der Waals surface area contributed by atoms with Crippen LogP contribution < -0.4 is 10.6 Å². The number of aryl methyl sites for hydroxylation is 1. The Morgan fingerprint density at radius 1 is 1.19 bits per heavy atom. The highest BCUT2D eigenvalue weighted by molar-refractivity contribution is 6.01. The van der Waals surface area contributed by atoms with E-state index < -0.39 is 0 Å². The highest BCUT2D eigenvalue weighted by Crippen LogP contribution is 2.29. The number of nitrogens with two attached hydrogens (primary N) is 1. The number of aromatic nitrogens is 2. The van der Waals surface area contributed by atoms with Crippen molar-refractivity contribution in [1.82, 2.24) is 10.2 Å². The highest BCUT2D eigenvalue weighted by Gasteiger charge is 2.27. The second kappa shape index (κ2) is 6.41. The minimum atomic E-state index is 0.109. The molecule has 5 nitrogen and oxygen atoms in total. The van der Waals surface area contributed by atoms with E-state index in [-0.39, 0.29) is 5.84 Å². The van der Waals surface area contributed by atoms with Gasteiger partial charge in [0.15, 0.2) is 5.82 Å². The number of anilines is 1. The van der Waals surface area contributed by atoms with E-state index in [1.165, 1.54) is 6.42 Å². The molecule has 116 valence electrons. The maximum atomic E-state index is 7.99. The lowest BCUT2D eigenvalue weighted by Gasteiger charge is -2.36. The van der Waals surface area contributed by atoms with Crippen LogP contribution in [0.25, 0.3) is 0 Å². The molecule has 3 N–H and O–H groups in total. The Hall–Kier alpha value is -1.65. The summed E-state index contributed by atoms with van der Waals surface area (Å²) in [5.74, 6) is 2.17. The zero-order chi connectivity index (χ0) is 15.6. The third kappa shape index (κ3) is 3.17. The zero-order valence-electron chi connectivity index (χ0n) is 13.6. The third-order valence-electron chi connectivity index (χ3n) is 4.27. The smallest absolute Gasteiger partial charge is 0.162 e. The van der Waals surface area contributed by atoms with Gasteiger partial charge in [0.2, 0.25) is 0 Å². The van der Waals surface area contributed by atoms with Crippen molar-refractivity contribution in [2.24, 2.45) is 17.6 Å². The summed E-state index contributed by atoms with van der Waals surface area (Å²) >= 11 is 0. The summed E-state index contributed by atoms with van der Waals surface area (Å²) in [6.07, 6.45) is 2.90. The Balaban J connectivity index is 2.50. The topological polar surface area (TPSA) is 78.9 Å². The standard InChI is InChI=1S/C16H27N5/c1-5-12-13(6-2)19-20-16(14(12)15(17)18)21-8-10(3)7-11(4)9-21/h10-11H,5-9H2,1-4H3,(H3,17,18). The summed E-state index contributed by atoms with van der Waals surface area (Å²) in [5.41, 5.74) is 8.72. The quantitative estimate of drug-likeness (QED) is 0.659. The Kier molecular flexibility index (Phi) is 4.80. The molecule has 0 bridgehead atoms. The molecule has 2 unspecified atom stereocenters. The minimum absolute atomic E-state index is 0.109. The molecule has 1 aromatic rings. The van der Waals surface area contributed by atoms with E-state index >= 15 is 0 Å². The van der Waals surface area contributed by atoms with Crippen LogP contribution in [-0.4, -0.2) is 29.1 Å². The molecule has 0 saturated carbocycles. The molecule has 1 aliphatic rings. The molecule has 0 aromatic carbocycles. The molecule has 0 spiro atoms. The molecule has 2 heterocycles. The second-order valence-electron chi connectivity index (χ2n) is 6.30. The Labute approximate surface area is 127 Å². The van der Waals surface area contributed by atoms with E-state index in [4.69, 9.17) is 11.1 Å². The maximum Gasteiger partial charge on any atom is 0.162 e. The molecule has 1 aromatic heterocycles. The molecule has 5 heteroatoms. The number of rotatable bonds is 4. The molecule has 1 aliphatic heterocycles. The van der Waals surface area contributed by atoms with Crippen LogP contribution in [0.2, 0.25) is 0 Å².